The first-order chi connectivity index (χ1) is 14.5. The van der Waals surface area contributed by atoms with Crippen LogP contribution >= 0.6 is 0 Å². The monoisotopic (exact) mass is 408 g/mol. The lowest BCUT2D eigenvalue weighted by Crippen LogP contribution is -2.26. The molecule has 3 aromatic rings. The zero-order chi connectivity index (χ0) is 21.5. The van der Waals surface area contributed by atoms with Crippen LogP contribution in [0.2, 0.25) is 0 Å². The molecule has 0 radical (unpaired) electrons. The Morgan fingerprint density at radius 1 is 1.20 bits per heavy atom. The fourth-order valence-corrected chi connectivity index (χ4v) is 3.35. The highest BCUT2D eigenvalue weighted by atomic mass is 16.5. The number of carbonyl (C=O) groups is 1. The molecule has 7 heteroatoms. The van der Waals surface area contributed by atoms with Crippen LogP contribution < -0.4 is 10.9 Å². The number of pyridine rings is 1. The van der Waals surface area contributed by atoms with Gasteiger partial charge in [-0.15, -0.1) is 0 Å². The van der Waals surface area contributed by atoms with Gasteiger partial charge in [0.25, 0.3) is 5.56 Å². The lowest BCUT2D eigenvalue weighted by atomic mass is 10.1. The van der Waals surface area contributed by atoms with Gasteiger partial charge in [0.1, 0.15) is 0 Å². The first-order valence-corrected chi connectivity index (χ1v) is 10.4. The number of hydrogen-bond donors (Lipinski definition) is 1. The fourth-order valence-electron chi connectivity index (χ4n) is 3.35. The molecule has 158 valence electrons. The van der Waals surface area contributed by atoms with Crippen LogP contribution in [-0.4, -0.2) is 20.6 Å². The van der Waals surface area contributed by atoms with Crippen molar-refractivity contribution in [3.05, 3.63) is 70.0 Å². The summed E-state index contributed by atoms with van der Waals surface area (Å²) in [5.74, 6) is 0.699. The molecule has 0 aliphatic carbocycles. The predicted octanol–water partition coefficient (Wildman–Crippen LogP) is 3.82. The van der Waals surface area contributed by atoms with Gasteiger partial charge < -0.3 is 14.4 Å². The molecule has 0 aliphatic heterocycles. The van der Waals surface area contributed by atoms with Crippen molar-refractivity contribution < 1.29 is 9.32 Å². The Bertz CT molecular complexity index is 1040. The summed E-state index contributed by atoms with van der Waals surface area (Å²) < 4.78 is 7.02. The Morgan fingerprint density at radius 3 is 2.70 bits per heavy atom. The Morgan fingerprint density at radius 2 is 1.97 bits per heavy atom. The molecule has 1 atom stereocenters. The first-order valence-electron chi connectivity index (χ1n) is 10.4. The number of carbonyl (C=O) groups excluding carboxylic acids is 1. The minimum atomic E-state index is -0.113. The molecule has 1 aromatic carbocycles. The van der Waals surface area contributed by atoms with Crippen molar-refractivity contribution in [1.82, 2.24) is 20.0 Å². The van der Waals surface area contributed by atoms with Crippen LogP contribution in [0, 0.1) is 6.92 Å². The van der Waals surface area contributed by atoms with E-state index in [1.165, 1.54) is 0 Å². The Hall–Kier alpha value is -3.22. The molecule has 0 saturated heterocycles. The van der Waals surface area contributed by atoms with Crippen LogP contribution in [0.25, 0.3) is 11.4 Å². The van der Waals surface area contributed by atoms with Gasteiger partial charge in [0.2, 0.25) is 17.6 Å². The number of benzene rings is 1. The number of amides is 1. The van der Waals surface area contributed by atoms with E-state index >= 15 is 0 Å². The van der Waals surface area contributed by atoms with E-state index in [1.54, 1.807) is 10.6 Å². The Balaban J connectivity index is 1.56. The highest BCUT2D eigenvalue weighted by molar-refractivity contribution is 5.76. The third kappa shape index (κ3) is 5.23. The molecular formula is C23H28N4O3. The number of hydrogen-bond acceptors (Lipinski definition) is 5. The summed E-state index contributed by atoms with van der Waals surface area (Å²) in [6, 6.07) is 13.4. The van der Waals surface area contributed by atoms with Gasteiger partial charge in [-0.1, -0.05) is 42.4 Å². The number of nitrogens with one attached hydrogen (secondary N) is 1. The van der Waals surface area contributed by atoms with Crippen molar-refractivity contribution in [3.63, 3.8) is 0 Å². The summed E-state index contributed by atoms with van der Waals surface area (Å²) >= 11 is 0. The number of rotatable bonds is 9. The molecule has 2 heterocycles. The highest BCUT2D eigenvalue weighted by Crippen LogP contribution is 2.15. The standard InChI is InChI=1S/C23H28N4O3/c1-4-15-27-16(2)13-14-19(23(27)29)22-25-21(30-26-22)12-8-11-20(28)24-17(3)18-9-6-5-7-10-18/h5-7,9-10,13-14,17H,4,8,11-12,15H2,1-3H3,(H,24,28)/t17-/m1/s1. The van der Waals surface area contributed by atoms with Gasteiger partial charge in [-0.05, 0) is 44.4 Å². The molecule has 0 spiro atoms. The molecule has 2 aromatic heterocycles. The second kappa shape index (κ2) is 10.0. The minimum absolute atomic E-state index is 0.0212. The third-order valence-electron chi connectivity index (χ3n) is 5.02. The molecule has 30 heavy (non-hydrogen) atoms. The summed E-state index contributed by atoms with van der Waals surface area (Å²) in [5, 5.41) is 6.96. The van der Waals surface area contributed by atoms with E-state index in [0.29, 0.717) is 43.1 Å². The summed E-state index contributed by atoms with van der Waals surface area (Å²) in [5.41, 5.74) is 2.29. The molecule has 0 aliphatic rings. The molecule has 0 bridgehead atoms. The topological polar surface area (TPSA) is 90.0 Å². The van der Waals surface area contributed by atoms with E-state index in [4.69, 9.17) is 4.52 Å². The van der Waals surface area contributed by atoms with Crippen LogP contribution in [0.5, 0.6) is 0 Å². The van der Waals surface area contributed by atoms with Crippen LogP contribution in [0.1, 0.15) is 56.3 Å². The summed E-state index contributed by atoms with van der Waals surface area (Å²) in [6.45, 7) is 6.55. The lowest BCUT2D eigenvalue weighted by molar-refractivity contribution is -0.121. The van der Waals surface area contributed by atoms with Crippen LogP contribution in [0.15, 0.2) is 51.8 Å². The normalized spacial score (nSPS) is 12.0. The molecule has 3 rings (SSSR count). The smallest absolute Gasteiger partial charge is 0.261 e. The highest BCUT2D eigenvalue weighted by Gasteiger charge is 2.15. The summed E-state index contributed by atoms with van der Waals surface area (Å²) in [7, 11) is 0. The quantitative estimate of drug-likeness (QED) is 0.581. The number of nitrogens with zero attached hydrogens (tertiary/aromatic N) is 3. The maximum absolute atomic E-state index is 12.7. The largest absolute Gasteiger partial charge is 0.350 e. The van der Waals surface area contributed by atoms with Crippen molar-refractivity contribution >= 4 is 5.91 Å². The maximum atomic E-state index is 12.7. The van der Waals surface area contributed by atoms with Crippen LogP contribution in [-0.2, 0) is 17.8 Å². The fraction of sp³-hybridized carbons (Fsp3) is 0.391. The van der Waals surface area contributed by atoms with E-state index in [1.807, 2.05) is 57.2 Å². The van der Waals surface area contributed by atoms with Crippen molar-refractivity contribution in [2.45, 2.75) is 59.0 Å². The predicted molar refractivity (Wildman–Crippen MR) is 115 cm³/mol. The van der Waals surface area contributed by atoms with Crippen LogP contribution in [0.4, 0.5) is 0 Å². The second-order valence-corrected chi connectivity index (χ2v) is 7.41. The second-order valence-electron chi connectivity index (χ2n) is 7.41. The number of aromatic nitrogens is 3. The zero-order valence-electron chi connectivity index (χ0n) is 17.7. The maximum Gasteiger partial charge on any atom is 0.261 e. The van der Waals surface area contributed by atoms with Gasteiger partial charge in [-0.25, -0.2) is 0 Å². The Labute approximate surface area is 176 Å². The number of aryl methyl sites for hydroxylation is 2. The van der Waals surface area contributed by atoms with E-state index < -0.39 is 0 Å². The van der Waals surface area contributed by atoms with Crippen LogP contribution in [0.3, 0.4) is 0 Å². The van der Waals surface area contributed by atoms with Crippen molar-refractivity contribution in [1.29, 1.82) is 0 Å². The molecular weight excluding hydrogens is 380 g/mol. The van der Waals surface area contributed by atoms with Gasteiger partial charge in [0.15, 0.2) is 0 Å². The molecule has 1 amide bonds. The van der Waals surface area contributed by atoms with Crippen molar-refractivity contribution in [2.24, 2.45) is 0 Å². The van der Waals surface area contributed by atoms with Gasteiger partial charge in [0.05, 0.1) is 11.6 Å². The molecule has 0 fully saturated rings. The Kier molecular flexibility index (Phi) is 7.17. The first kappa shape index (κ1) is 21.5. The summed E-state index contributed by atoms with van der Waals surface area (Å²) in [4.78, 5) is 29.3. The lowest BCUT2D eigenvalue weighted by Gasteiger charge is -2.13. The molecule has 7 nitrogen and oxygen atoms in total. The SMILES string of the molecule is CCCn1c(C)ccc(-c2noc(CCCC(=O)N[C@H](C)c3ccccc3)n2)c1=O. The minimum Gasteiger partial charge on any atom is -0.350 e. The van der Waals surface area contributed by atoms with Gasteiger partial charge in [0, 0.05) is 25.1 Å². The van der Waals surface area contributed by atoms with E-state index in [0.717, 1.165) is 17.7 Å². The van der Waals surface area contributed by atoms with Crippen molar-refractivity contribution in [2.75, 3.05) is 0 Å². The van der Waals surface area contributed by atoms with Gasteiger partial charge in [-0.3, -0.25) is 9.59 Å². The average Bonchev–Trinajstić information content (AvgIpc) is 3.20. The zero-order valence-corrected chi connectivity index (χ0v) is 17.7. The van der Waals surface area contributed by atoms with Gasteiger partial charge >= 0.3 is 0 Å². The molecule has 0 unspecified atom stereocenters. The average molecular weight is 409 g/mol. The van der Waals surface area contributed by atoms with Gasteiger partial charge in [-0.2, -0.15) is 4.98 Å². The molecule has 0 saturated carbocycles. The molecule has 1 N–H and O–H groups in total. The van der Waals surface area contributed by atoms with Crippen molar-refractivity contribution in [3.8, 4) is 11.4 Å². The summed E-state index contributed by atoms with van der Waals surface area (Å²) in [6.07, 6.45) is 2.30. The van der Waals surface area contributed by atoms with E-state index in [-0.39, 0.29) is 17.5 Å². The van der Waals surface area contributed by atoms with E-state index in [2.05, 4.69) is 15.5 Å². The van der Waals surface area contributed by atoms with E-state index in [9.17, 15) is 9.59 Å². The third-order valence-corrected chi connectivity index (χ3v) is 5.02.